The van der Waals surface area contributed by atoms with Crippen molar-refractivity contribution in [2.75, 3.05) is 12.9 Å². The Kier molecular flexibility index (Phi) is 5.42. The monoisotopic (exact) mass is 238 g/mol. The second kappa shape index (κ2) is 6.90. The molecule has 16 heavy (non-hydrogen) atoms. The van der Waals surface area contributed by atoms with Gasteiger partial charge in [0.2, 0.25) is 0 Å². The maximum absolute atomic E-state index is 10.9. The van der Waals surface area contributed by atoms with Crippen molar-refractivity contribution in [3.63, 3.8) is 0 Å². The van der Waals surface area contributed by atoms with Gasteiger partial charge < -0.3 is 4.74 Å². The van der Waals surface area contributed by atoms with Gasteiger partial charge in [0.1, 0.15) is 0 Å². The normalized spacial score (nSPS) is 10.4. The number of hydrogen-bond acceptors (Lipinski definition) is 4. The van der Waals surface area contributed by atoms with Crippen LogP contribution < -0.4 is 5.43 Å². The Morgan fingerprint density at radius 2 is 2.19 bits per heavy atom. The van der Waals surface area contributed by atoms with E-state index in [1.807, 2.05) is 30.5 Å². The highest BCUT2D eigenvalue weighted by Gasteiger charge is 1.95. The Hall–Kier alpha value is -1.49. The molecule has 1 aromatic rings. The largest absolute Gasteiger partial charge is 0.449 e. The Bertz CT molecular complexity index is 363. The van der Waals surface area contributed by atoms with Crippen LogP contribution in [0.2, 0.25) is 0 Å². The van der Waals surface area contributed by atoms with E-state index < -0.39 is 6.09 Å². The third-order valence-corrected chi connectivity index (χ3v) is 2.50. The quantitative estimate of drug-likeness (QED) is 0.498. The van der Waals surface area contributed by atoms with Gasteiger partial charge in [0.25, 0.3) is 0 Å². The van der Waals surface area contributed by atoms with Crippen LogP contribution in [0.3, 0.4) is 0 Å². The van der Waals surface area contributed by atoms with Crippen LogP contribution >= 0.6 is 11.8 Å². The molecule has 0 saturated heterocycles. The second-order valence-electron chi connectivity index (χ2n) is 2.86. The number of hydrogen-bond donors (Lipinski definition) is 1. The average Bonchev–Trinajstić information content (AvgIpc) is 2.30. The van der Waals surface area contributed by atoms with Gasteiger partial charge in [0.15, 0.2) is 0 Å². The second-order valence-corrected chi connectivity index (χ2v) is 3.74. The van der Waals surface area contributed by atoms with Gasteiger partial charge in [-0.3, -0.25) is 0 Å². The van der Waals surface area contributed by atoms with Crippen molar-refractivity contribution in [3.8, 4) is 0 Å². The molecule has 4 nitrogen and oxygen atoms in total. The molecule has 0 spiro atoms. The number of nitrogens with one attached hydrogen (secondary N) is 1. The summed E-state index contributed by atoms with van der Waals surface area (Å²) in [5, 5.41) is 3.76. The Labute approximate surface area is 99.1 Å². The molecule has 0 fully saturated rings. The van der Waals surface area contributed by atoms with Gasteiger partial charge in [0.05, 0.1) is 12.8 Å². The third kappa shape index (κ3) is 4.35. The average molecular weight is 238 g/mol. The van der Waals surface area contributed by atoms with E-state index >= 15 is 0 Å². The predicted molar refractivity (Wildman–Crippen MR) is 66.0 cm³/mol. The lowest BCUT2D eigenvalue weighted by Gasteiger charge is -1.99. The molecule has 0 unspecified atom stereocenters. The van der Waals surface area contributed by atoms with E-state index in [-0.39, 0.29) is 0 Å². The Morgan fingerprint density at radius 1 is 1.50 bits per heavy atom. The molecule has 0 aliphatic heterocycles. The summed E-state index contributed by atoms with van der Waals surface area (Å²) in [6.07, 6.45) is 3.05. The minimum atomic E-state index is -0.542. The molecule has 0 atom stereocenters. The SMILES string of the molecule is CCOC(=O)NN=Cc1ccc(SC)cc1. The molecule has 0 heterocycles. The minimum Gasteiger partial charge on any atom is -0.449 e. The fourth-order valence-corrected chi connectivity index (χ4v) is 1.42. The summed E-state index contributed by atoms with van der Waals surface area (Å²) in [6.45, 7) is 2.08. The molecule has 0 aliphatic rings. The number of ether oxygens (including phenoxy) is 1. The lowest BCUT2D eigenvalue weighted by molar-refractivity contribution is 0.152. The molecule has 0 aromatic heterocycles. The number of nitrogens with zero attached hydrogens (tertiary/aromatic N) is 1. The third-order valence-electron chi connectivity index (χ3n) is 1.76. The van der Waals surface area contributed by atoms with Gasteiger partial charge in [-0.05, 0) is 30.9 Å². The molecular formula is C11H14N2O2S. The van der Waals surface area contributed by atoms with E-state index in [2.05, 4.69) is 15.3 Å². The van der Waals surface area contributed by atoms with Gasteiger partial charge in [0, 0.05) is 4.90 Å². The molecule has 5 heteroatoms. The van der Waals surface area contributed by atoms with Crippen LogP contribution in [-0.4, -0.2) is 25.2 Å². The first kappa shape index (κ1) is 12.6. The Balaban J connectivity index is 2.46. The first-order valence-corrected chi connectivity index (χ1v) is 6.08. The molecule has 1 rings (SSSR count). The topological polar surface area (TPSA) is 50.7 Å². The van der Waals surface area contributed by atoms with Crippen LogP contribution in [0.4, 0.5) is 4.79 Å². The number of hydrazone groups is 1. The zero-order valence-electron chi connectivity index (χ0n) is 9.27. The molecule has 1 N–H and O–H groups in total. The summed E-state index contributed by atoms with van der Waals surface area (Å²) in [5.41, 5.74) is 3.19. The highest BCUT2D eigenvalue weighted by atomic mass is 32.2. The van der Waals surface area contributed by atoms with E-state index in [9.17, 15) is 4.79 Å². The van der Waals surface area contributed by atoms with Crippen molar-refractivity contribution in [3.05, 3.63) is 29.8 Å². The molecule has 0 bridgehead atoms. The summed E-state index contributed by atoms with van der Waals surface area (Å²) in [6, 6.07) is 7.86. The maximum atomic E-state index is 10.9. The smallest absolute Gasteiger partial charge is 0.427 e. The molecule has 0 aliphatic carbocycles. The maximum Gasteiger partial charge on any atom is 0.427 e. The summed E-state index contributed by atoms with van der Waals surface area (Å²) in [4.78, 5) is 12.1. The van der Waals surface area contributed by atoms with Crippen LogP contribution in [0.5, 0.6) is 0 Å². The van der Waals surface area contributed by atoms with Crippen molar-refractivity contribution in [1.29, 1.82) is 0 Å². The first-order chi connectivity index (χ1) is 7.76. The van der Waals surface area contributed by atoms with Gasteiger partial charge in [-0.15, -0.1) is 11.8 Å². The van der Waals surface area contributed by atoms with Crippen molar-refractivity contribution >= 4 is 24.1 Å². The zero-order chi connectivity index (χ0) is 11.8. The van der Waals surface area contributed by atoms with Gasteiger partial charge in [-0.1, -0.05) is 12.1 Å². The van der Waals surface area contributed by atoms with Gasteiger partial charge in [-0.2, -0.15) is 5.10 Å². The minimum absolute atomic E-state index is 0.337. The highest BCUT2D eigenvalue weighted by Crippen LogP contribution is 2.13. The molecule has 86 valence electrons. The molecule has 0 radical (unpaired) electrons. The number of carbonyl (C=O) groups excluding carboxylic acids is 1. The summed E-state index contributed by atoms with van der Waals surface area (Å²) in [5.74, 6) is 0. The van der Waals surface area contributed by atoms with Crippen LogP contribution in [-0.2, 0) is 4.74 Å². The van der Waals surface area contributed by atoms with Crippen LogP contribution in [0.25, 0.3) is 0 Å². The van der Waals surface area contributed by atoms with E-state index in [0.29, 0.717) is 6.61 Å². The lowest BCUT2D eigenvalue weighted by atomic mass is 10.2. The predicted octanol–water partition coefficient (Wildman–Crippen LogP) is 2.49. The van der Waals surface area contributed by atoms with Crippen molar-refractivity contribution < 1.29 is 9.53 Å². The summed E-state index contributed by atoms with van der Waals surface area (Å²) < 4.78 is 4.65. The number of rotatable bonds is 4. The highest BCUT2D eigenvalue weighted by molar-refractivity contribution is 7.98. The Morgan fingerprint density at radius 3 is 2.75 bits per heavy atom. The van der Waals surface area contributed by atoms with E-state index in [1.54, 1.807) is 24.9 Å². The van der Waals surface area contributed by atoms with Crippen molar-refractivity contribution in [1.82, 2.24) is 5.43 Å². The first-order valence-electron chi connectivity index (χ1n) is 4.86. The fourth-order valence-electron chi connectivity index (χ4n) is 1.01. The number of thioether (sulfide) groups is 1. The van der Waals surface area contributed by atoms with Crippen LogP contribution in [0.1, 0.15) is 12.5 Å². The molecular weight excluding hydrogens is 224 g/mol. The number of amides is 1. The van der Waals surface area contributed by atoms with Gasteiger partial charge >= 0.3 is 6.09 Å². The number of carbonyl (C=O) groups is 1. The van der Waals surface area contributed by atoms with Gasteiger partial charge in [-0.25, -0.2) is 10.2 Å². The van der Waals surface area contributed by atoms with Crippen LogP contribution in [0.15, 0.2) is 34.3 Å². The van der Waals surface area contributed by atoms with E-state index in [0.717, 1.165) is 5.56 Å². The summed E-state index contributed by atoms with van der Waals surface area (Å²) >= 11 is 1.68. The van der Waals surface area contributed by atoms with Crippen molar-refractivity contribution in [2.45, 2.75) is 11.8 Å². The lowest BCUT2D eigenvalue weighted by Crippen LogP contribution is -2.18. The summed E-state index contributed by atoms with van der Waals surface area (Å²) in [7, 11) is 0. The number of benzene rings is 1. The zero-order valence-corrected chi connectivity index (χ0v) is 10.1. The molecule has 0 saturated carbocycles. The molecule has 1 aromatic carbocycles. The standard InChI is InChI=1S/C11H14N2O2S/c1-3-15-11(14)13-12-8-9-4-6-10(16-2)7-5-9/h4-8H,3H2,1-2H3,(H,13,14). The molecule has 1 amide bonds. The fraction of sp³-hybridized carbons (Fsp3) is 0.273. The van der Waals surface area contributed by atoms with E-state index in [1.165, 1.54) is 4.90 Å². The van der Waals surface area contributed by atoms with Crippen molar-refractivity contribution in [2.24, 2.45) is 5.10 Å². The van der Waals surface area contributed by atoms with E-state index in [4.69, 9.17) is 0 Å². The van der Waals surface area contributed by atoms with Crippen LogP contribution in [0, 0.1) is 0 Å².